The largest absolute Gasteiger partial charge is 0.389 e. The van der Waals surface area contributed by atoms with E-state index in [4.69, 9.17) is 4.74 Å². The van der Waals surface area contributed by atoms with Crippen LogP contribution in [-0.4, -0.2) is 30.4 Å². The highest BCUT2D eigenvalue weighted by Gasteiger charge is 2.16. The molecule has 0 heterocycles. The number of hydrogen-bond donors (Lipinski definition) is 2. The van der Waals surface area contributed by atoms with Crippen molar-refractivity contribution in [3.8, 4) is 0 Å². The molecule has 0 aromatic heterocycles. The Morgan fingerprint density at radius 2 is 1.95 bits per heavy atom. The number of rotatable bonds is 7. The maximum Gasteiger partial charge on any atom is 0.0898 e. The van der Waals surface area contributed by atoms with Crippen LogP contribution in [0.2, 0.25) is 0 Å². The average molecular weight is 263 g/mol. The fourth-order valence-electron chi connectivity index (χ4n) is 2.57. The van der Waals surface area contributed by atoms with Gasteiger partial charge in [0.25, 0.3) is 0 Å². The van der Waals surface area contributed by atoms with Gasteiger partial charge in [0.15, 0.2) is 0 Å². The Kier molecular flexibility index (Phi) is 5.83. The van der Waals surface area contributed by atoms with Crippen molar-refractivity contribution in [3.63, 3.8) is 0 Å². The first-order valence-corrected chi connectivity index (χ1v) is 7.33. The molecule has 1 saturated carbocycles. The zero-order chi connectivity index (χ0) is 13.5. The van der Waals surface area contributed by atoms with E-state index in [9.17, 15) is 5.11 Å². The van der Waals surface area contributed by atoms with Crippen LogP contribution in [0.25, 0.3) is 0 Å². The number of hydrogen-bond acceptors (Lipinski definition) is 3. The molecule has 1 fully saturated rings. The molecule has 1 aliphatic rings. The summed E-state index contributed by atoms with van der Waals surface area (Å²) < 4.78 is 5.72. The number of aliphatic hydroxyl groups excluding tert-OH is 1. The van der Waals surface area contributed by atoms with E-state index in [1.165, 1.54) is 25.7 Å². The van der Waals surface area contributed by atoms with E-state index in [0.29, 0.717) is 19.2 Å². The third-order valence-electron chi connectivity index (χ3n) is 3.80. The molecule has 0 spiro atoms. The third kappa shape index (κ3) is 4.94. The third-order valence-corrected chi connectivity index (χ3v) is 3.80. The first-order chi connectivity index (χ1) is 9.25. The molecule has 1 aromatic rings. The minimum absolute atomic E-state index is 0.0299. The SMILES string of the molecule is CC(OCC(O)CNC1CCCC1)c1ccccc1. The van der Waals surface area contributed by atoms with Gasteiger partial charge in [0, 0.05) is 12.6 Å². The second-order valence-corrected chi connectivity index (χ2v) is 5.43. The van der Waals surface area contributed by atoms with Crippen molar-refractivity contribution >= 4 is 0 Å². The zero-order valence-corrected chi connectivity index (χ0v) is 11.7. The van der Waals surface area contributed by atoms with Gasteiger partial charge in [0.2, 0.25) is 0 Å². The average Bonchev–Trinajstić information content (AvgIpc) is 2.96. The topological polar surface area (TPSA) is 41.5 Å². The van der Waals surface area contributed by atoms with Crippen LogP contribution in [0.3, 0.4) is 0 Å². The Hall–Kier alpha value is -0.900. The highest BCUT2D eigenvalue weighted by molar-refractivity contribution is 5.16. The van der Waals surface area contributed by atoms with Crippen molar-refractivity contribution in [1.82, 2.24) is 5.32 Å². The predicted molar refractivity (Wildman–Crippen MR) is 77.1 cm³/mol. The molecule has 2 N–H and O–H groups in total. The number of aliphatic hydroxyl groups is 1. The molecular weight excluding hydrogens is 238 g/mol. The predicted octanol–water partition coefficient (Wildman–Crippen LogP) is 2.66. The van der Waals surface area contributed by atoms with Crippen LogP contribution in [-0.2, 0) is 4.74 Å². The van der Waals surface area contributed by atoms with Crippen LogP contribution in [0.15, 0.2) is 30.3 Å². The molecule has 0 saturated heterocycles. The number of benzene rings is 1. The van der Waals surface area contributed by atoms with Crippen LogP contribution in [0, 0.1) is 0 Å². The fraction of sp³-hybridized carbons (Fsp3) is 0.625. The van der Waals surface area contributed by atoms with Crippen LogP contribution < -0.4 is 5.32 Å². The van der Waals surface area contributed by atoms with E-state index in [1.807, 2.05) is 37.3 Å². The van der Waals surface area contributed by atoms with Gasteiger partial charge in [-0.25, -0.2) is 0 Å². The van der Waals surface area contributed by atoms with Gasteiger partial charge >= 0.3 is 0 Å². The lowest BCUT2D eigenvalue weighted by molar-refractivity contribution is -0.00283. The minimum atomic E-state index is -0.424. The van der Waals surface area contributed by atoms with Crippen molar-refractivity contribution < 1.29 is 9.84 Å². The summed E-state index contributed by atoms with van der Waals surface area (Å²) in [7, 11) is 0. The molecule has 1 aromatic carbocycles. The van der Waals surface area contributed by atoms with Gasteiger partial charge in [-0.3, -0.25) is 0 Å². The lowest BCUT2D eigenvalue weighted by Gasteiger charge is -2.19. The molecule has 3 heteroatoms. The second-order valence-electron chi connectivity index (χ2n) is 5.43. The molecule has 0 aliphatic heterocycles. The van der Waals surface area contributed by atoms with Crippen molar-refractivity contribution in [2.45, 2.75) is 50.9 Å². The monoisotopic (exact) mass is 263 g/mol. The Labute approximate surface area is 116 Å². The summed E-state index contributed by atoms with van der Waals surface area (Å²) in [5, 5.41) is 13.3. The van der Waals surface area contributed by atoms with Gasteiger partial charge in [-0.2, -0.15) is 0 Å². The number of nitrogens with one attached hydrogen (secondary N) is 1. The molecule has 1 aliphatic carbocycles. The van der Waals surface area contributed by atoms with Crippen molar-refractivity contribution in [2.24, 2.45) is 0 Å². The zero-order valence-electron chi connectivity index (χ0n) is 11.7. The fourth-order valence-corrected chi connectivity index (χ4v) is 2.57. The molecule has 0 amide bonds. The molecule has 2 atom stereocenters. The van der Waals surface area contributed by atoms with Gasteiger partial charge in [-0.15, -0.1) is 0 Å². The van der Waals surface area contributed by atoms with E-state index in [0.717, 1.165) is 5.56 Å². The first kappa shape index (κ1) is 14.5. The van der Waals surface area contributed by atoms with E-state index in [1.54, 1.807) is 0 Å². The van der Waals surface area contributed by atoms with Gasteiger partial charge < -0.3 is 15.2 Å². The summed E-state index contributed by atoms with van der Waals surface area (Å²) in [6, 6.07) is 10.7. The summed E-state index contributed by atoms with van der Waals surface area (Å²) in [4.78, 5) is 0. The quantitative estimate of drug-likeness (QED) is 0.794. The summed E-state index contributed by atoms with van der Waals surface area (Å²) in [6.45, 7) is 3.04. The maximum atomic E-state index is 9.92. The summed E-state index contributed by atoms with van der Waals surface area (Å²) in [5.74, 6) is 0. The smallest absolute Gasteiger partial charge is 0.0898 e. The second kappa shape index (κ2) is 7.63. The molecule has 2 unspecified atom stereocenters. The standard InChI is InChI=1S/C16H25NO2/c1-13(14-7-3-2-4-8-14)19-12-16(18)11-17-15-9-5-6-10-15/h2-4,7-8,13,15-18H,5-6,9-12H2,1H3. The van der Waals surface area contributed by atoms with Crippen LogP contribution >= 0.6 is 0 Å². The van der Waals surface area contributed by atoms with Crippen molar-refractivity contribution in [1.29, 1.82) is 0 Å². The molecule has 3 nitrogen and oxygen atoms in total. The summed E-state index contributed by atoms with van der Waals surface area (Å²) in [6.07, 6.45) is 4.72. The normalized spacial score (nSPS) is 19.5. The Bertz CT molecular complexity index is 349. The summed E-state index contributed by atoms with van der Waals surface area (Å²) in [5.41, 5.74) is 1.15. The lowest BCUT2D eigenvalue weighted by atomic mass is 10.1. The lowest BCUT2D eigenvalue weighted by Crippen LogP contribution is -2.36. The summed E-state index contributed by atoms with van der Waals surface area (Å²) >= 11 is 0. The molecule has 0 bridgehead atoms. The molecule has 0 radical (unpaired) electrons. The van der Waals surface area contributed by atoms with E-state index >= 15 is 0 Å². The number of ether oxygens (including phenoxy) is 1. The Balaban J connectivity index is 1.64. The molecular formula is C16H25NO2. The van der Waals surface area contributed by atoms with Crippen molar-refractivity contribution in [2.75, 3.05) is 13.2 Å². The van der Waals surface area contributed by atoms with Crippen LogP contribution in [0.1, 0.15) is 44.3 Å². The maximum absolute atomic E-state index is 9.92. The van der Waals surface area contributed by atoms with Gasteiger partial charge in [-0.05, 0) is 25.3 Å². The minimum Gasteiger partial charge on any atom is -0.389 e. The van der Waals surface area contributed by atoms with E-state index in [-0.39, 0.29) is 6.10 Å². The van der Waals surface area contributed by atoms with Gasteiger partial charge in [0.1, 0.15) is 0 Å². The van der Waals surface area contributed by atoms with Crippen molar-refractivity contribution in [3.05, 3.63) is 35.9 Å². The molecule has 2 rings (SSSR count). The van der Waals surface area contributed by atoms with Gasteiger partial charge in [0.05, 0.1) is 18.8 Å². The van der Waals surface area contributed by atoms with E-state index in [2.05, 4.69) is 5.32 Å². The molecule has 106 valence electrons. The Morgan fingerprint density at radius 1 is 1.26 bits per heavy atom. The highest BCUT2D eigenvalue weighted by atomic mass is 16.5. The van der Waals surface area contributed by atoms with Crippen LogP contribution in [0.4, 0.5) is 0 Å². The van der Waals surface area contributed by atoms with Crippen LogP contribution in [0.5, 0.6) is 0 Å². The van der Waals surface area contributed by atoms with Gasteiger partial charge in [-0.1, -0.05) is 43.2 Å². The first-order valence-electron chi connectivity index (χ1n) is 7.33. The Morgan fingerprint density at radius 3 is 2.63 bits per heavy atom. The van der Waals surface area contributed by atoms with E-state index < -0.39 is 6.10 Å². The molecule has 19 heavy (non-hydrogen) atoms. The highest BCUT2D eigenvalue weighted by Crippen LogP contribution is 2.18.